The molecule has 4 nitrogen and oxygen atoms in total. The molecule has 136 valence electrons. The van der Waals surface area contributed by atoms with Crippen molar-refractivity contribution in [1.29, 1.82) is 0 Å². The lowest BCUT2D eigenvalue weighted by atomic mass is 10.0. The van der Waals surface area contributed by atoms with Gasteiger partial charge in [-0.2, -0.15) is 23.3 Å². The third-order valence-electron chi connectivity index (χ3n) is 4.05. The second-order valence-corrected chi connectivity index (χ2v) is 5.91. The van der Waals surface area contributed by atoms with Gasteiger partial charge in [-0.15, -0.1) is 0 Å². The van der Waals surface area contributed by atoms with Crippen molar-refractivity contribution in [2.75, 3.05) is 0 Å². The molecule has 0 fully saturated rings. The molecule has 2 aromatic rings. The Labute approximate surface area is 146 Å². The lowest BCUT2D eigenvalue weighted by molar-refractivity contribution is -0.302. The molecule has 1 atom stereocenters. The number of benzene rings is 2. The van der Waals surface area contributed by atoms with Crippen LogP contribution >= 0.6 is 0 Å². The minimum Gasteiger partial charge on any atom is -0.362 e. The highest BCUT2D eigenvalue weighted by molar-refractivity contribution is 6.03. The SMILES string of the molecule is O=C(Cc1ccccc1)N1N=C(c2ccc(F)cc2)C[C@@]1(O)C(F)(F)F. The van der Waals surface area contributed by atoms with E-state index in [2.05, 4.69) is 5.10 Å². The van der Waals surface area contributed by atoms with E-state index in [1.54, 1.807) is 30.3 Å². The molecule has 0 aliphatic carbocycles. The maximum atomic E-state index is 13.5. The molecular weight excluding hydrogens is 352 g/mol. The zero-order valence-corrected chi connectivity index (χ0v) is 13.4. The number of alkyl halides is 3. The second-order valence-electron chi connectivity index (χ2n) is 5.91. The number of aliphatic hydroxyl groups is 1. The highest BCUT2D eigenvalue weighted by atomic mass is 19.4. The minimum atomic E-state index is -5.11. The number of rotatable bonds is 3. The van der Waals surface area contributed by atoms with Crippen LogP contribution in [0.5, 0.6) is 0 Å². The van der Waals surface area contributed by atoms with E-state index in [9.17, 15) is 27.5 Å². The van der Waals surface area contributed by atoms with Gasteiger partial charge in [-0.3, -0.25) is 4.79 Å². The van der Waals surface area contributed by atoms with E-state index in [1.165, 1.54) is 12.1 Å². The predicted octanol–water partition coefficient (Wildman–Crippen LogP) is 3.26. The first-order chi connectivity index (χ1) is 12.2. The Balaban J connectivity index is 1.94. The van der Waals surface area contributed by atoms with E-state index in [4.69, 9.17) is 0 Å². The fourth-order valence-electron chi connectivity index (χ4n) is 2.68. The zero-order valence-electron chi connectivity index (χ0n) is 13.4. The molecule has 0 saturated carbocycles. The summed E-state index contributed by atoms with van der Waals surface area (Å²) < 4.78 is 53.4. The first-order valence-electron chi connectivity index (χ1n) is 7.70. The molecule has 8 heteroatoms. The molecule has 0 spiro atoms. The quantitative estimate of drug-likeness (QED) is 0.848. The number of carbonyl (C=O) groups excluding carboxylic acids is 1. The fraction of sp³-hybridized carbons (Fsp3) is 0.222. The van der Waals surface area contributed by atoms with Crippen molar-refractivity contribution < 1.29 is 27.5 Å². The normalized spacial score (nSPS) is 20.2. The van der Waals surface area contributed by atoms with Crippen molar-refractivity contribution in [3.8, 4) is 0 Å². The zero-order chi connectivity index (χ0) is 18.9. The highest BCUT2D eigenvalue weighted by Gasteiger charge is 2.63. The topological polar surface area (TPSA) is 52.9 Å². The van der Waals surface area contributed by atoms with E-state index in [1.807, 2.05) is 0 Å². The van der Waals surface area contributed by atoms with Crippen LogP contribution in [-0.2, 0) is 11.2 Å². The van der Waals surface area contributed by atoms with E-state index in [-0.39, 0.29) is 22.7 Å². The predicted molar refractivity (Wildman–Crippen MR) is 85.6 cm³/mol. The van der Waals surface area contributed by atoms with Gasteiger partial charge in [0.15, 0.2) is 0 Å². The minimum absolute atomic E-state index is 0.0820. The average Bonchev–Trinajstić information content (AvgIpc) is 2.95. The third-order valence-corrected chi connectivity index (χ3v) is 4.05. The summed E-state index contributed by atoms with van der Waals surface area (Å²) in [7, 11) is 0. The van der Waals surface area contributed by atoms with Gasteiger partial charge < -0.3 is 5.11 Å². The van der Waals surface area contributed by atoms with E-state index >= 15 is 0 Å². The summed E-state index contributed by atoms with van der Waals surface area (Å²) in [6.45, 7) is 0. The summed E-state index contributed by atoms with van der Waals surface area (Å²) >= 11 is 0. The molecule has 0 bridgehead atoms. The third kappa shape index (κ3) is 3.32. The highest BCUT2D eigenvalue weighted by Crippen LogP contribution is 2.41. The smallest absolute Gasteiger partial charge is 0.362 e. The summed E-state index contributed by atoms with van der Waals surface area (Å²) in [6, 6.07) is 12.8. The van der Waals surface area contributed by atoms with Crippen LogP contribution < -0.4 is 0 Å². The summed E-state index contributed by atoms with van der Waals surface area (Å²) in [5.41, 5.74) is -2.90. The van der Waals surface area contributed by atoms with Gasteiger partial charge >= 0.3 is 6.18 Å². The Bertz CT molecular complexity index is 835. The van der Waals surface area contributed by atoms with Crippen LogP contribution in [0.1, 0.15) is 17.5 Å². The molecule has 0 unspecified atom stereocenters. The Morgan fingerprint density at radius 1 is 1.12 bits per heavy atom. The van der Waals surface area contributed by atoms with Crippen LogP contribution in [0.3, 0.4) is 0 Å². The Kier molecular flexibility index (Phi) is 4.53. The number of nitrogens with zero attached hydrogens (tertiary/aromatic N) is 2. The molecule has 1 N–H and O–H groups in total. The summed E-state index contributed by atoms with van der Waals surface area (Å²) in [5.74, 6) is -1.55. The largest absolute Gasteiger partial charge is 0.438 e. The molecule has 0 aromatic heterocycles. The number of amides is 1. The van der Waals surface area contributed by atoms with Crippen LogP contribution in [0.2, 0.25) is 0 Å². The number of hydrazone groups is 1. The van der Waals surface area contributed by atoms with Crippen LogP contribution in [-0.4, -0.2) is 33.6 Å². The van der Waals surface area contributed by atoms with Gasteiger partial charge in [0, 0.05) is 0 Å². The van der Waals surface area contributed by atoms with Crippen molar-refractivity contribution in [3.05, 3.63) is 71.5 Å². The molecule has 1 aliphatic rings. The van der Waals surface area contributed by atoms with Gasteiger partial charge in [0.2, 0.25) is 5.91 Å². The standard InChI is InChI=1S/C18H14F4N2O2/c19-14-8-6-13(7-9-14)15-11-17(26,18(20,21)22)24(23-15)16(25)10-12-4-2-1-3-5-12/h1-9,26H,10-11H2/t17-/m1/s1. The average molecular weight is 366 g/mol. The van der Waals surface area contributed by atoms with Gasteiger partial charge in [0.1, 0.15) is 5.82 Å². The summed E-state index contributed by atoms with van der Waals surface area (Å²) in [4.78, 5) is 12.4. The fourth-order valence-corrected chi connectivity index (χ4v) is 2.68. The van der Waals surface area contributed by atoms with Crippen molar-refractivity contribution in [3.63, 3.8) is 0 Å². The van der Waals surface area contributed by atoms with Crippen LogP contribution in [0.25, 0.3) is 0 Å². The lowest BCUT2D eigenvalue weighted by Crippen LogP contribution is -2.57. The number of hydrogen-bond donors (Lipinski definition) is 1. The monoisotopic (exact) mass is 366 g/mol. The Morgan fingerprint density at radius 3 is 2.31 bits per heavy atom. The van der Waals surface area contributed by atoms with E-state index < -0.39 is 30.0 Å². The summed E-state index contributed by atoms with van der Waals surface area (Å²) in [6.07, 6.45) is -6.38. The van der Waals surface area contributed by atoms with Crippen LogP contribution in [0.15, 0.2) is 59.7 Å². The number of halogens is 4. The molecule has 0 radical (unpaired) electrons. The van der Waals surface area contributed by atoms with Crippen molar-refractivity contribution in [1.82, 2.24) is 5.01 Å². The Morgan fingerprint density at radius 2 is 1.73 bits per heavy atom. The molecule has 1 heterocycles. The van der Waals surface area contributed by atoms with Crippen LogP contribution in [0, 0.1) is 5.82 Å². The molecule has 3 rings (SSSR count). The molecule has 26 heavy (non-hydrogen) atoms. The van der Waals surface area contributed by atoms with Gasteiger partial charge in [0.05, 0.1) is 18.6 Å². The van der Waals surface area contributed by atoms with Crippen LogP contribution in [0.4, 0.5) is 17.6 Å². The Hall–Kier alpha value is -2.74. The van der Waals surface area contributed by atoms with Gasteiger partial charge in [-0.25, -0.2) is 4.39 Å². The number of hydrogen-bond acceptors (Lipinski definition) is 3. The molecular formula is C18H14F4N2O2. The van der Waals surface area contributed by atoms with E-state index in [0.717, 1.165) is 12.1 Å². The molecule has 2 aromatic carbocycles. The summed E-state index contributed by atoms with van der Waals surface area (Å²) in [5, 5.41) is 14.0. The van der Waals surface area contributed by atoms with E-state index in [0.29, 0.717) is 5.56 Å². The van der Waals surface area contributed by atoms with Crippen molar-refractivity contribution in [2.45, 2.75) is 24.7 Å². The van der Waals surface area contributed by atoms with Gasteiger partial charge in [0.25, 0.3) is 5.72 Å². The van der Waals surface area contributed by atoms with Gasteiger partial charge in [-0.05, 0) is 23.3 Å². The van der Waals surface area contributed by atoms with Crippen molar-refractivity contribution >= 4 is 11.6 Å². The molecule has 1 aliphatic heterocycles. The first-order valence-corrected chi connectivity index (χ1v) is 7.70. The maximum absolute atomic E-state index is 13.5. The maximum Gasteiger partial charge on any atom is 0.438 e. The lowest BCUT2D eigenvalue weighted by Gasteiger charge is -2.32. The number of carbonyl (C=O) groups is 1. The van der Waals surface area contributed by atoms with Crippen molar-refractivity contribution in [2.24, 2.45) is 5.10 Å². The molecule has 1 amide bonds. The molecule has 0 saturated heterocycles. The van der Waals surface area contributed by atoms with Gasteiger partial charge in [-0.1, -0.05) is 42.5 Å². The first kappa shape index (κ1) is 18.1. The second kappa shape index (κ2) is 6.53.